The Hall–Kier alpha value is -3.84. The van der Waals surface area contributed by atoms with Crippen LogP contribution >= 0.6 is 11.3 Å². The van der Waals surface area contributed by atoms with Gasteiger partial charge in [0.1, 0.15) is 10.6 Å². The Kier molecular flexibility index (Phi) is 4.57. The number of anilines is 1. The summed E-state index contributed by atoms with van der Waals surface area (Å²) >= 11 is 1.62. The average molecular weight is 412 g/mol. The van der Waals surface area contributed by atoms with Crippen LogP contribution < -0.4 is 5.32 Å². The number of rotatable bonds is 5. The molecular weight excluding hydrogens is 396 g/mol. The Morgan fingerprint density at radius 2 is 1.83 bits per heavy atom. The predicted molar refractivity (Wildman–Crippen MR) is 119 cm³/mol. The third-order valence-electron chi connectivity index (χ3n) is 4.81. The Morgan fingerprint density at radius 3 is 2.60 bits per heavy atom. The van der Waals surface area contributed by atoms with E-state index >= 15 is 0 Å². The van der Waals surface area contributed by atoms with Crippen molar-refractivity contribution in [3.8, 4) is 11.4 Å². The fourth-order valence-electron chi connectivity index (χ4n) is 3.33. The number of hydrogen-bond donors (Lipinski definition) is 2. The molecule has 0 unspecified atom stereocenters. The molecule has 7 heteroatoms. The fraction of sp³-hybridized carbons (Fsp3) is 0.0435. The number of fused-ring (bicyclic) bond motifs is 3. The molecule has 30 heavy (non-hydrogen) atoms. The predicted octanol–water partition coefficient (Wildman–Crippen LogP) is 5.22. The number of benzene rings is 2. The normalized spacial score (nSPS) is 11.1. The van der Waals surface area contributed by atoms with Crippen molar-refractivity contribution in [2.24, 2.45) is 0 Å². The lowest BCUT2D eigenvalue weighted by atomic mass is 10.1. The number of hydrogen-bond acceptors (Lipinski definition) is 6. The number of carboxylic acids is 1. The highest BCUT2D eigenvalue weighted by Crippen LogP contribution is 2.37. The fourth-order valence-corrected chi connectivity index (χ4v) is 4.41. The van der Waals surface area contributed by atoms with E-state index in [-0.39, 0.29) is 5.56 Å². The summed E-state index contributed by atoms with van der Waals surface area (Å²) in [7, 11) is 0. The van der Waals surface area contributed by atoms with Gasteiger partial charge in [0.15, 0.2) is 5.82 Å². The van der Waals surface area contributed by atoms with E-state index in [1.165, 1.54) is 0 Å². The topological polar surface area (TPSA) is 88.0 Å². The van der Waals surface area contributed by atoms with E-state index in [1.54, 1.807) is 41.8 Å². The van der Waals surface area contributed by atoms with Crippen molar-refractivity contribution in [2.45, 2.75) is 6.54 Å². The molecular formula is C23H16N4O2S. The second-order valence-corrected chi connectivity index (χ2v) is 7.80. The van der Waals surface area contributed by atoms with Crippen molar-refractivity contribution in [1.82, 2.24) is 15.0 Å². The molecule has 0 aliphatic heterocycles. The van der Waals surface area contributed by atoms with E-state index in [4.69, 9.17) is 15.1 Å². The standard InChI is InChI=1S/C23H16N4O2S/c28-23(29)16-9-7-15(8-10-16)20-26-21(25-13-14-4-3-11-24-12-14)19-17-5-1-2-6-18(17)30-22(19)27-20/h1-12H,13H2,(H,28,29)(H,25,26,27). The maximum absolute atomic E-state index is 11.2. The van der Waals surface area contributed by atoms with Crippen molar-refractivity contribution in [3.05, 3.63) is 84.2 Å². The third-order valence-corrected chi connectivity index (χ3v) is 5.88. The molecule has 2 N–H and O–H groups in total. The molecule has 0 bridgehead atoms. The van der Waals surface area contributed by atoms with Crippen molar-refractivity contribution in [2.75, 3.05) is 5.32 Å². The Bertz CT molecular complexity index is 1370. The maximum atomic E-state index is 11.2. The summed E-state index contributed by atoms with van der Waals surface area (Å²) in [5, 5.41) is 14.7. The number of carboxylic acid groups (broad SMARTS) is 1. The number of aromatic nitrogens is 3. The first-order valence-corrected chi connectivity index (χ1v) is 10.2. The summed E-state index contributed by atoms with van der Waals surface area (Å²) in [4.78, 5) is 25.8. The molecule has 0 aliphatic carbocycles. The number of carbonyl (C=O) groups is 1. The number of thiophene rings is 1. The van der Waals surface area contributed by atoms with Crippen LogP contribution in [0.4, 0.5) is 5.82 Å². The molecule has 5 rings (SSSR count). The monoisotopic (exact) mass is 412 g/mol. The zero-order valence-electron chi connectivity index (χ0n) is 15.7. The Morgan fingerprint density at radius 1 is 1.00 bits per heavy atom. The minimum atomic E-state index is -0.957. The second kappa shape index (κ2) is 7.53. The van der Waals surface area contributed by atoms with Gasteiger partial charge in [-0.25, -0.2) is 14.8 Å². The van der Waals surface area contributed by atoms with Crippen LogP contribution in [-0.4, -0.2) is 26.0 Å². The third kappa shape index (κ3) is 3.35. The second-order valence-electron chi connectivity index (χ2n) is 6.77. The zero-order valence-corrected chi connectivity index (χ0v) is 16.6. The first kappa shape index (κ1) is 18.2. The summed E-state index contributed by atoms with van der Waals surface area (Å²) in [6.07, 6.45) is 3.57. The minimum Gasteiger partial charge on any atom is -0.478 e. The van der Waals surface area contributed by atoms with E-state index in [0.29, 0.717) is 12.4 Å². The molecule has 146 valence electrons. The Balaban J connectivity index is 1.63. The highest BCUT2D eigenvalue weighted by molar-refractivity contribution is 7.25. The average Bonchev–Trinajstić information content (AvgIpc) is 3.17. The van der Waals surface area contributed by atoms with Gasteiger partial charge in [0.05, 0.1) is 10.9 Å². The van der Waals surface area contributed by atoms with Crippen LogP contribution in [0.1, 0.15) is 15.9 Å². The van der Waals surface area contributed by atoms with E-state index in [0.717, 1.165) is 37.2 Å². The molecule has 5 aromatic rings. The minimum absolute atomic E-state index is 0.233. The molecule has 0 saturated carbocycles. The summed E-state index contributed by atoms with van der Waals surface area (Å²) in [5.74, 6) is 0.347. The molecule has 0 spiro atoms. The lowest BCUT2D eigenvalue weighted by Crippen LogP contribution is -2.04. The Labute approximate surface area is 175 Å². The molecule has 2 aromatic carbocycles. The number of nitrogens with one attached hydrogen (secondary N) is 1. The summed E-state index contributed by atoms with van der Waals surface area (Å²) < 4.78 is 1.14. The number of nitrogens with zero attached hydrogens (tertiary/aromatic N) is 3. The highest BCUT2D eigenvalue weighted by atomic mass is 32.1. The number of aromatic carboxylic acids is 1. The lowest BCUT2D eigenvalue weighted by Gasteiger charge is -2.10. The first-order chi connectivity index (χ1) is 14.7. The van der Waals surface area contributed by atoms with E-state index in [9.17, 15) is 4.79 Å². The molecule has 0 fully saturated rings. The maximum Gasteiger partial charge on any atom is 0.335 e. The van der Waals surface area contributed by atoms with Crippen LogP contribution in [0.25, 0.3) is 31.7 Å². The van der Waals surface area contributed by atoms with Gasteiger partial charge in [0, 0.05) is 34.6 Å². The molecule has 0 radical (unpaired) electrons. The van der Waals surface area contributed by atoms with E-state index < -0.39 is 5.97 Å². The molecule has 0 saturated heterocycles. The van der Waals surface area contributed by atoms with Crippen LogP contribution in [0.3, 0.4) is 0 Å². The molecule has 3 aromatic heterocycles. The van der Waals surface area contributed by atoms with Crippen molar-refractivity contribution in [3.63, 3.8) is 0 Å². The van der Waals surface area contributed by atoms with Crippen LogP contribution in [0.15, 0.2) is 73.1 Å². The van der Waals surface area contributed by atoms with Crippen LogP contribution in [0, 0.1) is 0 Å². The van der Waals surface area contributed by atoms with Gasteiger partial charge in [0.2, 0.25) is 0 Å². The summed E-state index contributed by atoms with van der Waals surface area (Å²) in [6, 6.07) is 18.7. The lowest BCUT2D eigenvalue weighted by molar-refractivity contribution is 0.0697. The first-order valence-electron chi connectivity index (χ1n) is 9.35. The summed E-state index contributed by atoms with van der Waals surface area (Å²) in [5.41, 5.74) is 2.05. The zero-order chi connectivity index (χ0) is 20.5. The van der Waals surface area contributed by atoms with Gasteiger partial charge in [-0.3, -0.25) is 4.98 Å². The summed E-state index contributed by atoms with van der Waals surface area (Å²) in [6.45, 7) is 0.585. The number of pyridine rings is 1. The van der Waals surface area contributed by atoms with Crippen molar-refractivity contribution >= 4 is 43.4 Å². The van der Waals surface area contributed by atoms with Gasteiger partial charge in [-0.2, -0.15) is 0 Å². The van der Waals surface area contributed by atoms with Crippen LogP contribution in [-0.2, 0) is 6.54 Å². The molecule has 6 nitrogen and oxygen atoms in total. The molecule has 0 amide bonds. The van der Waals surface area contributed by atoms with Crippen LogP contribution in [0.2, 0.25) is 0 Å². The smallest absolute Gasteiger partial charge is 0.335 e. The van der Waals surface area contributed by atoms with Gasteiger partial charge in [-0.15, -0.1) is 11.3 Å². The van der Waals surface area contributed by atoms with Crippen LogP contribution in [0.5, 0.6) is 0 Å². The van der Waals surface area contributed by atoms with Crippen molar-refractivity contribution < 1.29 is 9.90 Å². The van der Waals surface area contributed by atoms with Gasteiger partial charge in [-0.1, -0.05) is 36.4 Å². The quantitative estimate of drug-likeness (QED) is 0.412. The van der Waals surface area contributed by atoms with Gasteiger partial charge in [0.25, 0.3) is 0 Å². The highest BCUT2D eigenvalue weighted by Gasteiger charge is 2.15. The van der Waals surface area contributed by atoms with Gasteiger partial charge in [-0.05, 0) is 29.8 Å². The van der Waals surface area contributed by atoms with Gasteiger partial charge >= 0.3 is 5.97 Å². The largest absolute Gasteiger partial charge is 0.478 e. The molecule has 0 atom stereocenters. The SMILES string of the molecule is O=C(O)c1ccc(-c2nc(NCc3cccnc3)c3c(n2)sc2ccccc23)cc1. The van der Waals surface area contributed by atoms with E-state index in [2.05, 4.69) is 22.4 Å². The molecule has 0 aliphatic rings. The van der Waals surface area contributed by atoms with Gasteiger partial charge < -0.3 is 10.4 Å². The van der Waals surface area contributed by atoms with E-state index in [1.807, 2.05) is 30.5 Å². The van der Waals surface area contributed by atoms with Crippen molar-refractivity contribution in [1.29, 1.82) is 0 Å². The molecule has 3 heterocycles.